The minimum Gasteiger partial charge on any atom is -0.310 e. The lowest BCUT2D eigenvalue weighted by Crippen LogP contribution is -2.40. The molecule has 1 unspecified atom stereocenters. The second kappa shape index (κ2) is 3.54. The maximum atomic E-state index is 5.57. The number of hydrogen-bond donors (Lipinski definition) is 1. The fraction of sp³-hybridized carbons (Fsp3) is 0.286. The molecule has 1 atom stereocenters. The van der Waals surface area contributed by atoms with Gasteiger partial charge in [-0.15, -0.1) is 0 Å². The van der Waals surface area contributed by atoms with Crippen LogP contribution in [-0.4, -0.2) is 5.50 Å². The van der Waals surface area contributed by atoms with Gasteiger partial charge in [0.2, 0.25) is 0 Å². The standard InChI is InChI=1S/C7H10ClN2/c8-7(9)6-10-4-2-1-3-5-10/h1-5,7H,6,9H2/q+1. The number of nitrogens with zero attached hydrogens (tertiary/aromatic N) is 1. The summed E-state index contributed by atoms with van der Waals surface area (Å²) in [6.07, 6.45) is 3.87. The molecule has 0 aliphatic rings. The fourth-order valence-electron chi connectivity index (χ4n) is 0.757. The van der Waals surface area contributed by atoms with Crippen LogP contribution in [0.15, 0.2) is 30.6 Å². The molecular formula is C7H10ClN2+. The molecule has 0 fully saturated rings. The number of halogens is 1. The van der Waals surface area contributed by atoms with E-state index in [4.69, 9.17) is 17.3 Å². The van der Waals surface area contributed by atoms with Crippen LogP contribution in [-0.2, 0) is 6.54 Å². The zero-order valence-corrected chi connectivity index (χ0v) is 6.33. The van der Waals surface area contributed by atoms with Crippen LogP contribution in [0.3, 0.4) is 0 Å². The van der Waals surface area contributed by atoms with E-state index in [2.05, 4.69) is 0 Å². The lowest BCUT2D eigenvalue weighted by Gasteiger charge is -1.96. The van der Waals surface area contributed by atoms with Gasteiger partial charge >= 0.3 is 0 Å². The van der Waals surface area contributed by atoms with Crippen molar-refractivity contribution in [1.29, 1.82) is 0 Å². The Morgan fingerprint density at radius 3 is 2.40 bits per heavy atom. The first-order chi connectivity index (χ1) is 4.79. The molecule has 0 aliphatic heterocycles. The Balaban J connectivity index is 2.59. The van der Waals surface area contributed by atoms with Crippen LogP contribution in [0.25, 0.3) is 0 Å². The van der Waals surface area contributed by atoms with Gasteiger partial charge < -0.3 is 5.73 Å². The first kappa shape index (κ1) is 7.51. The van der Waals surface area contributed by atoms with Crippen molar-refractivity contribution in [2.75, 3.05) is 0 Å². The molecule has 0 bridgehead atoms. The number of alkyl halides is 1. The molecular weight excluding hydrogens is 148 g/mol. The van der Waals surface area contributed by atoms with Crippen LogP contribution in [0.2, 0.25) is 0 Å². The number of aromatic nitrogens is 1. The van der Waals surface area contributed by atoms with E-state index >= 15 is 0 Å². The minimum atomic E-state index is -0.299. The smallest absolute Gasteiger partial charge is 0.177 e. The van der Waals surface area contributed by atoms with Crippen LogP contribution in [0, 0.1) is 0 Å². The zero-order valence-electron chi connectivity index (χ0n) is 5.57. The third-order valence-corrected chi connectivity index (χ3v) is 1.30. The SMILES string of the molecule is NC(Cl)C[n+]1ccccc1. The maximum absolute atomic E-state index is 5.57. The Bertz CT molecular complexity index is 186. The van der Waals surface area contributed by atoms with Crippen molar-refractivity contribution in [2.24, 2.45) is 5.73 Å². The first-order valence-corrected chi connectivity index (χ1v) is 3.56. The van der Waals surface area contributed by atoms with Crippen molar-refractivity contribution in [3.05, 3.63) is 30.6 Å². The molecule has 54 valence electrons. The van der Waals surface area contributed by atoms with Gasteiger partial charge in [-0.3, -0.25) is 0 Å². The third kappa shape index (κ3) is 2.33. The molecule has 0 aromatic carbocycles. The Morgan fingerprint density at radius 1 is 1.30 bits per heavy atom. The van der Waals surface area contributed by atoms with Crippen molar-refractivity contribution >= 4 is 11.6 Å². The maximum Gasteiger partial charge on any atom is 0.177 e. The molecule has 1 heterocycles. The number of nitrogens with two attached hydrogens (primary N) is 1. The minimum absolute atomic E-state index is 0.299. The van der Waals surface area contributed by atoms with Crippen LogP contribution in [0.1, 0.15) is 0 Å². The molecule has 2 nitrogen and oxygen atoms in total. The predicted octanol–water partition coefficient (Wildman–Crippen LogP) is 0.498. The van der Waals surface area contributed by atoms with E-state index in [1.807, 2.05) is 35.2 Å². The van der Waals surface area contributed by atoms with Crippen molar-refractivity contribution in [2.45, 2.75) is 12.0 Å². The quantitative estimate of drug-likeness (QED) is 0.378. The van der Waals surface area contributed by atoms with Crippen LogP contribution in [0.5, 0.6) is 0 Å². The number of pyridine rings is 1. The molecule has 2 N–H and O–H groups in total. The summed E-state index contributed by atoms with van der Waals surface area (Å²) >= 11 is 5.57. The highest BCUT2D eigenvalue weighted by Crippen LogP contribution is 1.84. The molecule has 1 rings (SSSR count). The van der Waals surface area contributed by atoms with E-state index in [0.717, 1.165) is 0 Å². The van der Waals surface area contributed by atoms with Crippen LogP contribution >= 0.6 is 11.6 Å². The summed E-state index contributed by atoms with van der Waals surface area (Å²) in [5.74, 6) is 0. The largest absolute Gasteiger partial charge is 0.310 e. The highest BCUT2D eigenvalue weighted by Gasteiger charge is 2.02. The van der Waals surface area contributed by atoms with E-state index in [1.54, 1.807) is 0 Å². The molecule has 0 amide bonds. The van der Waals surface area contributed by atoms with Gasteiger partial charge in [-0.25, -0.2) is 4.57 Å². The summed E-state index contributed by atoms with van der Waals surface area (Å²) in [7, 11) is 0. The van der Waals surface area contributed by atoms with Gasteiger partial charge in [0.1, 0.15) is 5.50 Å². The average molecular weight is 158 g/mol. The van der Waals surface area contributed by atoms with Crippen LogP contribution in [0.4, 0.5) is 0 Å². The Labute approximate surface area is 65.2 Å². The Hall–Kier alpha value is -0.600. The molecule has 0 saturated carbocycles. The van der Waals surface area contributed by atoms with Gasteiger partial charge in [-0.1, -0.05) is 17.7 Å². The lowest BCUT2D eigenvalue weighted by atomic mass is 10.5. The average Bonchev–Trinajstić information content (AvgIpc) is 1.88. The fourth-order valence-corrected chi connectivity index (χ4v) is 0.917. The monoisotopic (exact) mass is 157 g/mol. The van der Waals surface area contributed by atoms with E-state index in [1.165, 1.54) is 0 Å². The van der Waals surface area contributed by atoms with Crippen molar-refractivity contribution in [3.63, 3.8) is 0 Å². The summed E-state index contributed by atoms with van der Waals surface area (Å²) in [5.41, 5.74) is 5.07. The number of hydrogen-bond acceptors (Lipinski definition) is 1. The van der Waals surface area contributed by atoms with Gasteiger partial charge in [0.15, 0.2) is 18.9 Å². The van der Waals surface area contributed by atoms with Gasteiger partial charge in [0, 0.05) is 12.1 Å². The molecule has 0 radical (unpaired) electrons. The molecule has 0 spiro atoms. The highest BCUT2D eigenvalue weighted by atomic mass is 35.5. The van der Waals surface area contributed by atoms with Gasteiger partial charge in [-0.05, 0) is 0 Å². The summed E-state index contributed by atoms with van der Waals surface area (Å²) in [6.45, 7) is 0.655. The topological polar surface area (TPSA) is 29.9 Å². The van der Waals surface area contributed by atoms with E-state index in [9.17, 15) is 0 Å². The van der Waals surface area contributed by atoms with Crippen LogP contribution < -0.4 is 10.3 Å². The summed E-state index contributed by atoms with van der Waals surface area (Å²) in [6, 6.07) is 5.84. The number of rotatable bonds is 2. The Morgan fingerprint density at radius 2 is 1.90 bits per heavy atom. The van der Waals surface area contributed by atoms with E-state index < -0.39 is 0 Å². The molecule has 1 aromatic heterocycles. The molecule has 0 aliphatic carbocycles. The molecule has 1 aromatic rings. The van der Waals surface area contributed by atoms with Crippen molar-refractivity contribution in [1.82, 2.24) is 0 Å². The second-order valence-corrected chi connectivity index (χ2v) is 2.65. The Kier molecular flexibility index (Phi) is 2.66. The van der Waals surface area contributed by atoms with Crippen molar-refractivity contribution < 1.29 is 4.57 Å². The van der Waals surface area contributed by atoms with Gasteiger partial charge in [0.25, 0.3) is 0 Å². The lowest BCUT2D eigenvalue weighted by molar-refractivity contribution is -0.696. The third-order valence-electron chi connectivity index (χ3n) is 1.16. The van der Waals surface area contributed by atoms with E-state index in [0.29, 0.717) is 6.54 Å². The zero-order chi connectivity index (χ0) is 7.40. The molecule has 0 saturated heterocycles. The summed E-state index contributed by atoms with van der Waals surface area (Å²) in [5, 5.41) is 0. The van der Waals surface area contributed by atoms with E-state index in [-0.39, 0.29) is 5.50 Å². The summed E-state index contributed by atoms with van der Waals surface area (Å²) < 4.78 is 1.94. The van der Waals surface area contributed by atoms with Crippen molar-refractivity contribution in [3.8, 4) is 0 Å². The molecule has 10 heavy (non-hydrogen) atoms. The predicted molar refractivity (Wildman–Crippen MR) is 40.5 cm³/mol. The highest BCUT2D eigenvalue weighted by molar-refractivity contribution is 6.20. The normalized spacial score (nSPS) is 13.0. The van der Waals surface area contributed by atoms with Gasteiger partial charge in [-0.2, -0.15) is 0 Å². The summed E-state index contributed by atoms with van der Waals surface area (Å²) in [4.78, 5) is 0. The van der Waals surface area contributed by atoms with Gasteiger partial charge in [0.05, 0.1) is 0 Å². The second-order valence-electron chi connectivity index (χ2n) is 2.09. The first-order valence-electron chi connectivity index (χ1n) is 3.13. The molecule has 3 heteroatoms.